The van der Waals surface area contributed by atoms with Crippen LogP contribution in [0.5, 0.6) is 0 Å². The molecule has 1 heterocycles. The van der Waals surface area contributed by atoms with E-state index in [2.05, 4.69) is 15.6 Å². The van der Waals surface area contributed by atoms with Crippen molar-refractivity contribution in [3.63, 3.8) is 0 Å². The Kier molecular flexibility index (Phi) is 8.70. The van der Waals surface area contributed by atoms with E-state index in [-0.39, 0.29) is 24.3 Å². The Morgan fingerprint density at radius 2 is 1.77 bits per heavy atom. The maximum absolute atomic E-state index is 14.6. The Labute approximate surface area is 214 Å². The molecule has 0 aliphatic rings. The van der Waals surface area contributed by atoms with E-state index in [9.17, 15) is 27.5 Å². The van der Waals surface area contributed by atoms with E-state index in [1.165, 1.54) is 6.20 Å². The minimum Gasteiger partial charge on any atom is -0.394 e. The highest BCUT2D eigenvalue weighted by Crippen LogP contribution is 2.37. The monoisotopic (exact) mass is 601 g/mol. The molecule has 3 rings (SSSR count). The molecule has 0 fully saturated rings. The Balaban J connectivity index is 2.26. The van der Waals surface area contributed by atoms with Gasteiger partial charge in [-0.3, -0.25) is 4.98 Å². The molecule has 0 aliphatic heterocycles. The van der Waals surface area contributed by atoms with Crippen LogP contribution in [0.2, 0.25) is 0 Å². The first kappa shape index (κ1) is 26.9. The van der Waals surface area contributed by atoms with Gasteiger partial charge in [0.2, 0.25) is 0 Å². The number of aliphatic hydroxyl groups excluding tert-OH is 1. The van der Waals surface area contributed by atoms with Gasteiger partial charge in [0.05, 0.1) is 23.9 Å². The summed E-state index contributed by atoms with van der Waals surface area (Å²) in [6.45, 7) is 1.44. The molecule has 2 atom stereocenters. The molecule has 2 amide bonds. The van der Waals surface area contributed by atoms with Gasteiger partial charge in [-0.2, -0.15) is 13.2 Å². The summed E-state index contributed by atoms with van der Waals surface area (Å²) in [5.41, 5.74) is -2.05. The molecule has 5 nitrogen and oxygen atoms in total. The zero-order chi connectivity index (χ0) is 25.6. The Hall–Kier alpha value is -2.73. The first-order chi connectivity index (χ1) is 16.6. The highest BCUT2D eigenvalue weighted by molar-refractivity contribution is 14.1. The summed E-state index contributed by atoms with van der Waals surface area (Å²) in [7, 11) is 0. The lowest BCUT2D eigenvalue weighted by atomic mass is 9.79. The minimum atomic E-state index is -4.80. The fraction of sp³-hybridized carbons (Fsp3) is 0.280. The first-order valence-corrected chi connectivity index (χ1v) is 11.9. The van der Waals surface area contributed by atoms with Gasteiger partial charge in [0.15, 0.2) is 0 Å². The number of aliphatic hydroxyl groups is 1. The van der Waals surface area contributed by atoms with E-state index in [0.717, 1.165) is 15.7 Å². The lowest BCUT2D eigenvalue weighted by Crippen LogP contribution is -2.55. The number of urea groups is 1. The summed E-state index contributed by atoms with van der Waals surface area (Å²) in [6.07, 6.45) is -2.87. The maximum atomic E-state index is 14.6. The molecule has 35 heavy (non-hydrogen) atoms. The lowest BCUT2D eigenvalue weighted by molar-refractivity contribution is -0.137. The van der Waals surface area contributed by atoms with Crippen LogP contribution in [-0.2, 0) is 18.1 Å². The molecule has 1 aromatic heterocycles. The molecule has 0 radical (unpaired) electrons. The van der Waals surface area contributed by atoms with Gasteiger partial charge in [0, 0.05) is 16.2 Å². The summed E-state index contributed by atoms with van der Waals surface area (Å²) in [6, 6.07) is 13.0. The Morgan fingerprint density at radius 1 is 1.09 bits per heavy atom. The van der Waals surface area contributed by atoms with Crippen LogP contribution >= 0.6 is 22.6 Å². The van der Waals surface area contributed by atoms with E-state index in [0.29, 0.717) is 18.1 Å². The van der Waals surface area contributed by atoms with Crippen LogP contribution in [-0.4, -0.2) is 28.8 Å². The number of nitrogens with one attached hydrogen (secondary N) is 2. The number of pyridine rings is 1. The van der Waals surface area contributed by atoms with Crippen molar-refractivity contribution in [2.45, 2.75) is 37.5 Å². The van der Waals surface area contributed by atoms with Crippen molar-refractivity contribution in [3.05, 3.63) is 98.6 Å². The number of nitrogens with zero attached hydrogens (tertiary/aromatic N) is 1. The predicted octanol–water partition coefficient (Wildman–Crippen LogP) is 5.40. The number of carbonyl (C=O) groups is 1. The summed E-state index contributed by atoms with van der Waals surface area (Å²) in [4.78, 5) is 17.5. The van der Waals surface area contributed by atoms with Crippen LogP contribution in [0.15, 0.2) is 66.9 Å². The summed E-state index contributed by atoms with van der Waals surface area (Å²) >= 11 is 2.04. The molecular formula is C25H24F4IN3O2. The lowest BCUT2D eigenvalue weighted by Gasteiger charge is -2.36. The van der Waals surface area contributed by atoms with Crippen molar-refractivity contribution in [2.24, 2.45) is 0 Å². The van der Waals surface area contributed by atoms with Gasteiger partial charge in [-0.15, -0.1) is 0 Å². The number of alkyl halides is 3. The fourth-order valence-electron chi connectivity index (χ4n) is 3.74. The standard InChI is InChI=1S/C25H24F4IN3O2/c1-2-21(15-34)32-23(35)33-24(13-16-6-4-3-5-7-16,22-9-8-20(30)14-31-22)17-10-18(25(27,28)29)12-19(26)11-17/h3-12,14,21,34H,2,13,15H2,1H3,(H2,32,33,35)/t21-,24+/m1/s1. The zero-order valence-corrected chi connectivity index (χ0v) is 20.9. The summed E-state index contributed by atoms with van der Waals surface area (Å²) < 4.78 is 56.3. The van der Waals surface area contributed by atoms with Crippen LogP contribution in [0, 0.1) is 9.39 Å². The van der Waals surface area contributed by atoms with E-state index < -0.39 is 35.2 Å². The van der Waals surface area contributed by atoms with Gasteiger partial charge in [-0.05, 0) is 70.5 Å². The molecule has 0 spiro atoms. The second kappa shape index (κ2) is 11.3. The molecule has 2 aromatic carbocycles. The van der Waals surface area contributed by atoms with Gasteiger partial charge < -0.3 is 15.7 Å². The SMILES string of the molecule is CC[C@H](CO)NC(=O)N[C@@](Cc1ccccc1)(c1cc(F)cc(C(F)(F)F)c1)c1ccc(I)cn1. The van der Waals surface area contributed by atoms with E-state index in [4.69, 9.17) is 0 Å². The highest BCUT2D eigenvalue weighted by Gasteiger charge is 2.41. The Morgan fingerprint density at radius 3 is 2.34 bits per heavy atom. The van der Waals surface area contributed by atoms with Gasteiger partial charge in [-0.25, -0.2) is 9.18 Å². The third-order valence-electron chi connectivity index (χ3n) is 5.57. The predicted molar refractivity (Wildman–Crippen MR) is 132 cm³/mol. The number of halogens is 5. The van der Waals surface area contributed by atoms with Crippen molar-refractivity contribution in [3.8, 4) is 0 Å². The zero-order valence-electron chi connectivity index (χ0n) is 18.7. The average molecular weight is 601 g/mol. The Bertz CT molecular complexity index is 1140. The number of hydrogen-bond donors (Lipinski definition) is 3. The smallest absolute Gasteiger partial charge is 0.394 e. The van der Waals surface area contributed by atoms with Crippen molar-refractivity contribution in [1.82, 2.24) is 15.6 Å². The summed E-state index contributed by atoms with van der Waals surface area (Å²) in [5.74, 6) is -1.10. The van der Waals surface area contributed by atoms with Crippen LogP contribution in [0.1, 0.15) is 35.7 Å². The molecule has 0 saturated carbocycles. The van der Waals surface area contributed by atoms with Crippen LogP contribution in [0.25, 0.3) is 0 Å². The van der Waals surface area contributed by atoms with E-state index in [1.807, 2.05) is 22.6 Å². The van der Waals surface area contributed by atoms with Gasteiger partial charge in [0.25, 0.3) is 0 Å². The van der Waals surface area contributed by atoms with Crippen molar-refractivity contribution >= 4 is 28.6 Å². The molecular weight excluding hydrogens is 577 g/mol. The average Bonchev–Trinajstić information content (AvgIpc) is 2.82. The van der Waals surface area contributed by atoms with Crippen LogP contribution < -0.4 is 10.6 Å². The fourth-order valence-corrected chi connectivity index (χ4v) is 4.06. The van der Waals surface area contributed by atoms with E-state index in [1.54, 1.807) is 49.4 Å². The second-order valence-corrected chi connectivity index (χ2v) is 9.29. The number of benzene rings is 2. The third kappa shape index (κ3) is 6.69. The number of aromatic nitrogens is 1. The van der Waals surface area contributed by atoms with Crippen molar-refractivity contribution < 1.29 is 27.5 Å². The molecule has 0 bridgehead atoms. The second-order valence-electron chi connectivity index (χ2n) is 8.04. The molecule has 0 saturated heterocycles. The summed E-state index contributed by atoms with van der Waals surface area (Å²) in [5, 5.41) is 14.9. The first-order valence-electron chi connectivity index (χ1n) is 10.8. The molecule has 3 aromatic rings. The maximum Gasteiger partial charge on any atom is 0.416 e. The van der Waals surface area contributed by atoms with Gasteiger partial charge >= 0.3 is 12.2 Å². The normalized spacial score (nSPS) is 14.1. The molecule has 186 valence electrons. The van der Waals surface area contributed by atoms with Gasteiger partial charge in [0.1, 0.15) is 11.4 Å². The molecule has 0 aliphatic carbocycles. The number of amides is 2. The number of carbonyl (C=O) groups excluding carboxylic acids is 1. The number of rotatable bonds is 8. The van der Waals surface area contributed by atoms with Gasteiger partial charge in [-0.1, -0.05) is 37.3 Å². The van der Waals surface area contributed by atoms with Crippen molar-refractivity contribution in [1.29, 1.82) is 0 Å². The minimum absolute atomic E-state index is 0.00841. The topological polar surface area (TPSA) is 74.2 Å². The number of hydrogen-bond acceptors (Lipinski definition) is 3. The molecule has 10 heteroatoms. The molecule has 0 unspecified atom stereocenters. The third-order valence-corrected chi connectivity index (χ3v) is 6.21. The quantitative estimate of drug-likeness (QED) is 0.239. The largest absolute Gasteiger partial charge is 0.416 e. The van der Waals surface area contributed by atoms with E-state index >= 15 is 0 Å². The van der Waals surface area contributed by atoms with Crippen LogP contribution in [0.4, 0.5) is 22.4 Å². The van der Waals surface area contributed by atoms with Crippen LogP contribution in [0.3, 0.4) is 0 Å². The highest BCUT2D eigenvalue weighted by atomic mass is 127. The van der Waals surface area contributed by atoms with Crippen molar-refractivity contribution in [2.75, 3.05) is 6.61 Å². The molecule has 3 N–H and O–H groups in total.